The van der Waals surface area contributed by atoms with Gasteiger partial charge in [-0.25, -0.2) is 34.9 Å². The zero-order valence-electron chi connectivity index (χ0n) is 53.5. The van der Waals surface area contributed by atoms with Gasteiger partial charge < -0.3 is 51.5 Å². The largest absolute Gasteiger partial charge is 0.386 e. The van der Waals surface area contributed by atoms with Crippen LogP contribution in [0.15, 0.2) is 64.8 Å². The van der Waals surface area contributed by atoms with Crippen molar-refractivity contribution in [2.45, 2.75) is 96.6 Å². The number of benzene rings is 1. The molecule has 1 aliphatic carbocycles. The third kappa shape index (κ3) is 15.8. The maximum Gasteiger partial charge on any atom is 0.271 e. The van der Waals surface area contributed by atoms with Crippen molar-refractivity contribution in [3.05, 3.63) is 112 Å². The number of amides is 7. The second kappa shape index (κ2) is 30.8. The second-order valence-corrected chi connectivity index (χ2v) is 30.4. The molecule has 0 radical (unpaired) electrons. The smallest absolute Gasteiger partial charge is 0.271 e. The van der Waals surface area contributed by atoms with Crippen LogP contribution in [-0.2, 0) is 30.5 Å². The number of likely N-dealkylation sites (tertiary alicyclic amines) is 1. The summed E-state index contributed by atoms with van der Waals surface area (Å²) < 4.78 is 5.47. The van der Waals surface area contributed by atoms with Crippen LogP contribution in [0.4, 0.5) is 5.82 Å². The van der Waals surface area contributed by atoms with E-state index in [9.17, 15) is 38.7 Å². The van der Waals surface area contributed by atoms with Crippen molar-refractivity contribution in [1.29, 1.82) is 0 Å². The monoisotopic (exact) mass is 1410 g/mol. The van der Waals surface area contributed by atoms with Crippen molar-refractivity contribution in [2.75, 3.05) is 78.4 Å². The third-order valence-corrected chi connectivity index (χ3v) is 23.4. The van der Waals surface area contributed by atoms with Crippen LogP contribution >= 0.6 is 68.0 Å². The summed E-state index contributed by atoms with van der Waals surface area (Å²) in [6.07, 6.45) is 5.23. The summed E-state index contributed by atoms with van der Waals surface area (Å²) in [5, 5.41) is 36.9. The van der Waals surface area contributed by atoms with E-state index in [0.29, 0.717) is 104 Å². The highest BCUT2D eigenvalue weighted by molar-refractivity contribution is 7.19. The van der Waals surface area contributed by atoms with Crippen molar-refractivity contribution >= 4 is 115 Å². The standard InChI is InChI=1S/C65H74N16O9S6/c1-34(2)49-64-78-52(45(96-64)30-90-5)57(87)67-29-48(83)75-53(54(84)36-11-7-6-8-12-36)63-72-43(32-92-63)60-68-28-44(95-60)51-39(59-71-42(31-91-59)56(86)70-41(27-47(82)66-4)62-77-50(35(3)94-62)58(88)76-49)17-18-40(69-51)61-74-46(33-93-61)73-55(85)37-13-15-38(16-14-37)65(89)81-25-23-80(24-26-81)22-21-79-19-9-10-20-79/h6-8,11-12,17-18,28,31-34,37-38,41,49,53-54,84H,9-10,13-16,19-27,29-30H2,1-5H3,(H,66,82)(H,67,87)(H,70,86)(H,73,85)(H,75,83)(H,76,88)/t37?,38?,41-,49-,53-,54-/m0/s1. The minimum Gasteiger partial charge on any atom is -0.386 e. The molecule has 12 rings (SSSR count). The van der Waals surface area contributed by atoms with Gasteiger partial charge in [0.15, 0.2) is 0 Å². The van der Waals surface area contributed by atoms with Gasteiger partial charge in [-0.2, -0.15) is 0 Å². The number of nitrogens with one attached hydrogen (secondary N) is 6. The van der Waals surface area contributed by atoms with Gasteiger partial charge in [0.05, 0.1) is 52.8 Å². The molecule has 4 atom stereocenters. The molecule has 96 heavy (non-hydrogen) atoms. The molecular formula is C65H74N16O9S6. The molecule has 2 saturated heterocycles. The molecule has 4 aliphatic rings. The van der Waals surface area contributed by atoms with E-state index in [1.807, 2.05) is 30.9 Å². The van der Waals surface area contributed by atoms with Crippen molar-refractivity contribution in [3.63, 3.8) is 0 Å². The number of rotatable bonds is 14. The second-order valence-electron chi connectivity index (χ2n) is 24.4. The summed E-state index contributed by atoms with van der Waals surface area (Å²) >= 11 is 7.32. The summed E-state index contributed by atoms with van der Waals surface area (Å²) in [6.45, 7) is 12.7. The minimum absolute atomic E-state index is 0.00309. The Hall–Kier alpha value is -7.72. The number of nitrogens with zero attached hydrogens (tertiary/aromatic N) is 10. The van der Waals surface area contributed by atoms with Gasteiger partial charge in [0, 0.05) is 98.0 Å². The Bertz CT molecular complexity index is 4120. The van der Waals surface area contributed by atoms with Crippen molar-refractivity contribution in [1.82, 2.24) is 76.2 Å². The number of methoxy groups -OCH3 is 1. The zero-order valence-corrected chi connectivity index (χ0v) is 58.4. The van der Waals surface area contributed by atoms with Crippen LogP contribution in [0.1, 0.15) is 145 Å². The minimum atomic E-state index is -1.28. The van der Waals surface area contributed by atoms with Crippen LogP contribution in [-0.4, -0.2) is 169 Å². The molecule has 504 valence electrons. The van der Waals surface area contributed by atoms with Crippen molar-refractivity contribution in [2.24, 2.45) is 17.8 Å². The number of hydrogen-bond donors (Lipinski definition) is 7. The fourth-order valence-electron chi connectivity index (χ4n) is 12.2. The normalized spacial score (nSPS) is 20.4. The number of aliphatic hydroxyl groups excluding tert-OH is 1. The molecule has 8 aromatic rings. The number of hydrogen-bond acceptors (Lipinski definition) is 24. The van der Waals surface area contributed by atoms with E-state index in [1.54, 1.807) is 59.6 Å². The number of aliphatic hydroxyl groups is 1. The van der Waals surface area contributed by atoms with Gasteiger partial charge in [-0.05, 0) is 82.2 Å². The third-order valence-electron chi connectivity index (χ3n) is 17.6. The molecule has 25 nitrogen and oxygen atoms in total. The lowest BCUT2D eigenvalue weighted by atomic mass is 9.81. The predicted octanol–water partition coefficient (Wildman–Crippen LogP) is 8.30. The number of carbonyl (C=O) groups is 7. The van der Waals surface area contributed by atoms with E-state index >= 15 is 0 Å². The van der Waals surface area contributed by atoms with Crippen LogP contribution in [0.3, 0.4) is 0 Å². The van der Waals surface area contributed by atoms with Gasteiger partial charge in [0.25, 0.3) is 17.7 Å². The quantitative estimate of drug-likeness (QED) is 0.0538. The number of piperazine rings is 1. The highest BCUT2D eigenvalue weighted by Crippen LogP contribution is 2.42. The molecule has 10 bridgehead atoms. The first kappa shape index (κ1) is 68.2. The van der Waals surface area contributed by atoms with E-state index in [0.717, 1.165) is 50.6 Å². The van der Waals surface area contributed by atoms with Crippen LogP contribution < -0.4 is 31.9 Å². The lowest BCUT2D eigenvalue weighted by molar-refractivity contribution is -0.139. The number of carbonyl (C=O) groups excluding carboxylic acids is 7. The van der Waals surface area contributed by atoms with Crippen LogP contribution in [0, 0.1) is 24.7 Å². The topological polar surface area (TPSA) is 321 Å². The summed E-state index contributed by atoms with van der Waals surface area (Å²) in [5.74, 6) is -3.02. The zero-order chi connectivity index (χ0) is 67.1. The molecule has 31 heteroatoms. The maximum atomic E-state index is 14.4. The summed E-state index contributed by atoms with van der Waals surface area (Å²) in [6, 6.07) is 9.67. The first-order valence-corrected chi connectivity index (χ1v) is 37.0. The number of pyridine rings is 1. The molecule has 0 unspecified atom stereocenters. The molecule has 10 heterocycles. The average Bonchev–Trinajstić information content (AvgIpc) is 1.56. The highest BCUT2D eigenvalue weighted by atomic mass is 32.1. The average molecular weight is 1420 g/mol. The maximum absolute atomic E-state index is 14.4. The number of ether oxygens (including phenoxy) is 1. The number of aryl methyl sites for hydroxylation is 1. The molecule has 1 aromatic carbocycles. The van der Waals surface area contributed by atoms with Gasteiger partial charge >= 0.3 is 0 Å². The molecule has 7 N–H and O–H groups in total. The number of fused-ring (bicyclic) bond motifs is 14. The van der Waals surface area contributed by atoms with Crippen LogP contribution in [0.25, 0.3) is 42.5 Å². The molecule has 3 aliphatic heterocycles. The molecule has 0 spiro atoms. The Morgan fingerprint density at radius 1 is 0.677 bits per heavy atom. The van der Waals surface area contributed by atoms with Crippen molar-refractivity contribution < 1.29 is 43.4 Å². The Morgan fingerprint density at radius 3 is 2.14 bits per heavy atom. The first-order valence-electron chi connectivity index (χ1n) is 31.9. The Balaban J connectivity index is 0.825. The fourth-order valence-corrected chi connectivity index (χ4v) is 17.8. The first-order chi connectivity index (χ1) is 46.5. The lowest BCUT2D eigenvalue weighted by Crippen LogP contribution is -2.51. The van der Waals surface area contributed by atoms with E-state index in [4.69, 9.17) is 39.6 Å². The highest BCUT2D eigenvalue weighted by Gasteiger charge is 2.36. The SMILES string of the molecule is CNC(=O)C[C@@H]1NC(=O)c2csc(n2)-c2ccc(-c3nc(NC(=O)C4CCC(C(=O)N5CCN(CCN6CCCC6)CC5)CC4)cs3)nc2-c2cnc(s2)-c2csc(n2)[C@H]([C@@H](O)c2ccccc2)NC(=O)CNC(=O)c2nc(sc2COC)[C@H](C(C)C)NC(=O)c2nc1sc2C. The molecular weight excluding hydrogens is 1340 g/mol. The Morgan fingerprint density at radius 2 is 1.40 bits per heavy atom. The van der Waals surface area contributed by atoms with Gasteiger partial charge in [-0.1, -0.05) is 44.2 Å². The summed E-state index contributed by atoms with van der Waals surface area (Å²) in [7, 11) is 2.96. The molecule has 3 fully saturated rings. The van der Waals surface area contributed by atoms with E-state index in [2.05, 4.69) is 41.7 Å². The van der Waals surface area contributed by atoms with E-state index < -0.39 is 60.3 Å². The van der Waals surface area contributed by atoms with E-state index in [1.165, 1.54) is 96.8 Å². The van der Waals surface area contributed by atoms with Gasteiger partial charge in [0.1, 0.15) is 70.8 Å². The Labute approximate surface area is 578 Å². The van der Waals surface area contributed by atoms with Crippen molar-refractivity contribution in [3.8, 4) is 42.5 Å². The fraction of sp³-hybridized carbons (Fsp3) is 0.446. The van der Waals surface area contributed by atoms with Crippen LogP contribution in [0.5, 0.6) is 0 Å². The van der Waals surface area contributed by atoms with Gasteiger partial charge in [-0.3, -0.25) is 38.5 Å². The van der Waals surface area contributed by atoms with Gasteiger partial charge in [0.2, 0.25) is 23.6 Å². The Kier molecular flexibility index (Phi) is 21.9. The predicted molar refractivity (Wildman–Crippen MR) is 370 cm³/mol. The molecule has 7 amide bonds. The van der Waals surface area contributed by atoms with Crippen LogP contribution in [0.2, 0.25) is 0 Å². The number of thiazole rings is 6. The van der Waals surface area contributed by atoms with E-state index in [-0.39, 0.29) is 59.7 Å². The summed E-state index contributed by atoms with van der Waals surface area (Å²) in [4.78, 5) is 140. The van der Waals surface area contributed by atoms with Gasteiger partial charge in [-0.15, -0.1) is 68.0 Å². The molecule has 1 saturated carbocycles. The lowest BCUT2D eigenvalue weighted by Gasteiger charge is -2.38. The molecule has 7 aromatic heterocycles. The summed E-state index contributed by atoms with van der Waals surface area (Å²) in [5.41, 5.74) is 2.54. The number of aromatic nitrogens is 7. The number of anilines is 1.